The molecule has 6 nitrogen and oxygen atoms in total. The Morgan fingerprint density at radius 1 is 1.21 bits per heavy atom. The number of likely N-dealkylation sites (tertiary alicyclic amines) is 1. The third-order valence-electron chi connectivity index (χ3n) is 3.99. The van der Waals surface area contributed by atoms with Crippen LogP contribution >= 0.6 is 0 Å². The Hall–Kier alpha value is -1.14. The summed E-state index contributed by atoms with van der Waals surface area (Å²) in [7, 11) is 2.13. The fourth-order valence-electron chi connectivity index (χ4n) is 1.90. The van der Waals surface area contributed by atoms with Crippen molar-refractivity contribution in [2.45, 2.75) is 51.7 Å². The molecule has 1 fully saturated rings. The van der Waals surface area contributed by atoms with E-state index in [0.717, 1.165) is 13.0 Å². The van der Waals surface area contributed by atoms with Crippen LogP contribution in [-0.4, -0.2) is 57.4 Å². The summed E-state index contributed by atoms with van der Waals surface area (Å²) < 4.78 is 0. The number of aliphatic hydroxyl groups is 1. The zero-order valence-electron chi connectivity index (χ0n) is 12.1. The summed E-state index contributed by atoms with van der Waals surface area (Å²) in [6, 6.07) is 0. The summed E-state index contributed by atoms with van der Waals surface area (Å²) in [6.07, 6.45) is 0.215. The lowest BCUT2D eigenvalue weighted by Crippen LogP contribution is -2.55. The standard InChI is InChI=1S/C9H19NO.C4H6O4/c1-7-8(11)5-6-10(4)9(7,2)3;5-3(6)1-2-4(7)8/h7-8,11H,5-6H2,1-4H3;1-2H2,(H,5,6)(H,7,8). The zero-order valence-corrected chi connectivity index (χ0v) is 12.1. The molecule has 0 radical (unpaired) electrons. The SMILES string of the molecule is CC1C(O)CCN(C)C1(C)C.O=C(O)CCC(=O)O. The van der Waals surface area contributed by atoms with E-state index in [4.69, 9.17) is 10.2 Å². The number of rotatable bonds is 3. The third kappa shape index (κ3) is 6.02. The summed E-state index contributed by atoms with van der Waals surface area (Å²) in [6.45, 7) is 7.53. The van der Waals surface area contributed by atoms with Crippen molar-refractivity contribution < 1.29 is 24.9 Å². The molecule has 6 heteroatoms. The van der Waals surface area contributed by atoms with Crippen LogP contribution in [0.15, 0.2) is 0 Å². The maximum absolute atomic E-state index is 9.64. The van der Waals surface area contributed by atoms with Gasteiger partial charge in [0.1, 0.15) is 0 Å². The first-order chi connectivity index (χ1) is 8.59. The minimum Gasteiger partial charge on any atom is -0.481 e. The van der Waals surface area contributed by atoms with Gasteiger partial charge in [0.15, 0.2) is 0 Å². The molecule has 2 atom stereocenters. The van der Waals surface area contributed by atoms with Crippen molar-refractivity contribution in [2.75, 3.05) is 13.6 Å². The van der Waals surface area contributed by atoms with E-state index in [1.54, 1.807) is 0 Å². The van der Waals surface area contributed by atoms with E-state index < -0.39 is 11.9 Å². The molecule has 0 aliphatic carbocycles. The summed E-state index contributed by atoms with van der Waals surface area (Å²) in [5, 5.41) is 25.4. The van der Waals surface area contributed by atoms with E-state index in [9.17, 15) is 14.7 Å². The van der Waals surface area contributed by atoms with Crippen LogP contribution in [-0.2, 0) is 9.59 Å². The van der Waals surface area contributed by atoms with Gasteiger partial charge < -0.3 is 20.2 Å². The van der Waals surface area contributed by atoms with E-state index in [1.165, 1.54) is 0 Å². The average molecular weight is 275 g/mol. The lowest BCUT2D eigenvalue weighted by molar-refractivity contribution is -0.143. The van der Waals surface area contributed by atoms with Crippen molar-refractivity contribution in [2.24, 2.45) is 5.92 Å². The fourth-order valence-corrected chi connectivity index (χ4v) is 1.90. The molecular formula is C13H25NO5. The van der Waals surface area contributed by atoms with Gasteiger partial charge in [-0.1, -0.05) is 6.92 Å². The van der Waals surface area contributed by atoms with Gasteiger partial charge in [0.25, 0.3) is 0 Å². The number of carboxylic acids is 2. The summed E-state index contributed by atoms with van der Waals surface area (Å²) in [5.74, 6) is -1.78. The van der Waals surface area contributed by atoms with Gasteiger partial charge in [-0.05, 0) is 33.2 Å². The summed E-state index contributed by atoms with van der Waals surface area (Å²) in [4.78, 5) is 21.6. The van der Waals surface area contributed by atoms with Crippen LogP contribution in [0.4, 0.5) is 0 Å². The van der Waals surface area contributed by atoms with Crippen LogP contribution in [0.1, 0.15) is 40.0 Å². The maximum Gasteiger partial charge on any atom is 0.303 e. The van der Waals surface area contributed by atoms with Gasteiger partial charge in [-0.25, -0.2) is 0 Å². The van der Waals surface area contributed by atoms with Crippen molar-refractivity contribution in [3.63, 3.8) is 0 Å². The Bertz CT molecular complexity index is 302. The minimum absolute atomic E-state index is 0.110. The molecule has 1 aliphatic heterocycles. The second kappa shape index (κ2) is 7.45. The molecule has 19 heavy (non-hydrogen) atoms. The van der Waals surface area contributed by atoms with Crippen molar-refractivity contribution >= 4 is 11.9 Å². The van der Waals surface area contributed by atoms with Gasteiger partial charge in [-0.15, -0.1) is 0 Å². The number of nitrogens with zero attached hydrogens (tertiary/aromatic N) is 1. The van der Waals surface area contributed by atoms with E-state index in [0.29, 0.717) is 5.92 Å². The van der Waals surface area contributed by atoms with E-state index in [1.807, 2.05) is 0 Å². The molecule has 0 saturated carbocycles. The van der Waals surface area contributed by atoms with Crippen LogP contribution in [0.5, 0.6) is 0 Å². The number of carboxylic acid groups (broad SMARTS) is 2. The lowest BCUT2D eigenvalue weighted by Gasteiger charge is -2.47. The van der Waals surface area contributed by atoms with E-state index in [-0.39, 0.29) is 24.5 Å². The second-order valence-electron chi connectivity index (χ2n) is 5.51. The predicted octanol–water partition coefficient (Wildman–Crippen LogP) is 1.03. The van der Waals surface area contributed by atoms with E-state index in [2.05, 4.69) is 32.7 Å². The first-order valence-electron chi connectivity index (χ1n) is 6.42. The number of carbonyl (C=O) groups is 2. The molecule has 1 aliphatic rings. The van der Waals surface area contributed by atoms with Gasteiger partial charge >= 0.3 is 11.9 Å². The molecule has 0 aromatic rings. The highest BCUT2D eigenvalue weighted by Crippen LogP contribution is 2.31. The van der Waals surface area contributed by atoms with Crippen molar-refractivity contribution in [3.05, 3.63) is 0 Å². The fraction of sp³-hybridized carbons (Fsp3) is 0.846. The Balaban J connectivity index is 0.000000362. The third-order valence-corrected chi connectivity index (χ3v) is 3.99. The smallest absolute Gasteiger partial charge is 0.303 e. The number of aliphatic carboxylic acids is 2. The molecule has 1 rings (SSSR count). The van der Waals surface area contributed by atoms with Gasteiger partial charge in [0.05, 0.1) is 18.9 Å². The van der Waals surface area contributed by atoms with Crippen LogP contribution in [0, 0.1) is 5.92 Å². The van der Waals surface area contributed by atoms with Crippen molar-refractivity contribution in [3.8, 4) is 0 Å². The van der Waals surface area contributed by atoms with Crippen LogP contribution in [0.2, 0.25) is 0 Å². The molecule has 0 bridgehead atoms. The highest BCUT2D eigenvalue weighted by molar-refractivity contribution is 5.75. The minimum atomic E-state index is -1.08. The molecule has 0 aromatic carbocycles. The highest BCUT2D eigenvalue weighted by atomic mass is 16.4. The molecule has 0 aromatic heterocycles. The van der Waals surface area contributed by atoms with Gasteiger partial charge in [-0.2, -0.15) is 0 Å². The van der Waals surface area contributed by atoms with Crippen LogP contribution < -0.4 is 0 Å². The monoisotopic (exact) mass is 275 g/mol. The van der Waals surface area contributed by atoms with Crippen molar-refractivity contribution in [1.29, 1.82) is 0 Å². The average Bonchev–Trinajstić information content (AvgIpc) is 2.30. The zero-order chi connectivity index (χ0) is 15.2. The molecule has 1 saturated heterocycles. The molecule has 0 spiro atoms. The molecular weight excluding hydrogens is 250 g/mol. The Morgan fingerprint density at radius 3 is 1.95 bits per heavy atom. The Labute approximate surface area is 114 Å². The summed E-state index contributed by atoms with van der Waals surface area (Å²) >= 11 is 0. The molecule has 0 amide bonds. The Kier molecular flexibility index (Phi) is 7.00. The Morgan fingerprint density at radius 2 is 1.63 bits per heavy atom. The summed E-state index contributed by atoms with van der Waals surface area (Å²) in [5.41, 5.74) is 0.150. The predicted molar refractivity (Wildman–Crippen MR) is 71.0 cm³/mol. The molecule has 2 unspecified atom stereocenters. The number of hydrogen-bond donors (Lipinski definition) is 3. The maximum atomic E-state index is 9.64. The molecule has 1 heterocycles. The van der Waals surface area contributed by atoms with Gasteiger partial charge in [-0.3, -0.25) is 9.59 Å². The largest absolute Gasteiger partial charge is 0.481 e. The second-order valence-corrected chi connectivity index (χ2v) is 5.51. The normalized spacial score (nSPS) is 26.2. The first-order valence-corrected chi connectivity index (χ1v) is 6.42. The number of hydrogen-bond acceptors (Lipinski definition) is 4. The van der Waals surface area contributed by atoms with Crippen molar-refractivity contribution in [1.82, 2.24) is 4.90 Å². The number of piperidine rings is 1. The van der Waals surface area contributed by atoms with Crippen LogP contribution in [0.3, 0.4) is 0 Å². The topological polar surface area (TPSA) is 98.1 Å². The van der Waals surface area contributed by atoms with Crippen LogP contribution in [0.25, 0.3) is 0 Å². The number of aliphatic hydroxyl groups excluding tert-OH is 1. The van der Waals surface area contributed by atoms with E-state index >= 15 is 0 Å². The van der Waals surface area contributed by atoms with Gasteiger partial charge in [0.2, 0.25) is 0 Å². The molecule has 3 N–H and O–H groups in total. The molecule has 112 valence electrons. The quantitative estimate of drug-likeness (QED) is 0.711. The van der Waals surface area contributed by atoms with Gasteiger partial charge in [0, 0.05) is 12.1 Å². The highest BCUT2D eigenvalue weighted by Gasteiger charge is 2.38. The lowest BCUT2D eigenvalue weighted by atomic mass is 9.79. The first kappa shape index (κ1) is 17.9.